The van der Waals surface area contributed by atoms with Gasteiger partial charge in [0.05, 0.1) is 0 Å². The molecule has 2 aromatic rings. The Bertz CT molecular complexity index is 933. The highest BCUT2D eigenvalue weighted by atomic mass is 32.1. The maximum absolute atomic E-state index is 11.3. The van der Waals surface area contributed by atoms with E-state index in [4.69, 9.17) is 0 Å². The average Bonchev–Trinajstić information content (AvgIpc) is 3.42. The number of aliphatic carboxylic acids is 1. The van der Waals surface area contributed by atoms with Gasteiger partial charge in [0.1, 0.15) is 11.6 Å². The van der Waals surface area contributed by atoms with Crippen molar-refractivity contribution < 1.29 is 9.90 Å². The lowest BCUT2D eigenvalue weighted by Gasteiger charge is -2.31. The summed E-state index contributed by atoms with van der Waals surface area (Å²) in [7, 11) is 0. The molecule has 3 rings (SSSR count). The van der Waals surface area contributed by atoms with E-state index in [1.807, 2.05) is 6.07 Å². The smallest absolute Gasteiger partial charge is 0.346 e. The molecule has 0 bridgehead atoms. The molecule has 160 valence electrons. The predicted octanol–water partition coefficient (Wildman–Crippen LogP) is 8.01. The van der Waals surface area contributed by atoms with Crippen molar-refractivity contribution >= 4 is 34.7 Å². The normalized spacial score (nSPS) is 14.4. The molecule has 2 heterocycles. The van der Waals surface area contributed by atoms with Crippen LogP contribution >= 0.6 is 22.7 Å². The molecule has 0 amide bonds. The number of nitrogens with zero attached hydrogens (tertiary/aromatic N) is 1. The summed E-state index contributed by atoms with van der Waals surface area (Å²) < 4.78 is 0. The van der Waals surface area contributed by atoms with Gasteiger partial charge in [-0.25, -0.2) is 4.79 Å². The van der Waals surface area contributed by atoms with Gasteiger partial charge in [0.25, 0.3) is 0 Å². The van der Waals surface area contributed by atoms with Gasteiger partial charge in [0, 0.05) is 20.0 Å². The van der Waals surface area contributed by atoms with Crippen LogP contribution in [0.15, 0.2) is 23.1 Å². The fourth-order valence-electron chi connectivity index (χ4n) is 4.67. The summed E-state index contributed by atoms with van der Waals surface area (Å²) in [6, 6.07) is 6.31. The highest BCUT2D eigenvalue weighted by Gasteiger charge is 2.44. The number of rotatable bonds is 12. The Balaban J connectivity index is 2.00. The van der Waals surface area contributed by atoms with Crippen molar-refractivity contribution in [3.05, 3.63) is 39.1 Å². The van der Waals surface area contributed by atoms with Gasteiger partial charge in [-0.2, -0.15) is 5.26 Å². The Morgan fingerprint density at radius 2 is 1.73 bits per heavy atom. The number of carboxylic acid groups (broad SMARTS) is 1. The maximum Gasteiger partial charge on any atom is 0.346 e. The summed E-state index contributed by atoms with van der Waals surface area (Å²) in [5.41, 5.74) is 2.70. The summed E-state index contributed by atoms with van der Waals surface area (Å²) >= 11 is 3.44. The largest absolute Gasteiger partial charge is 0.477 e. The highest BCUT2D eigenvalue weighted by Crippen LogP contribution is 2.58. The van der Waals surface area contributed by atoms with E-state index < -0.39 is 5.97 Å². The Kier molecular flexibility index (Phi) is 7.91. The van der Waals surface area contributed by atoms with E-state index in [0.29, 0.717) is 0 Å². The van der Waals surface area contributed by atoms with E-state index in [1.165, 1.54) is 78.3 Å². The molecule has 30 heavy (non-hydrogen) atoms. The number of nitriles is 1. The van der Waals surface area contributed by atoms with E-state index in [0.717, 1.165) is 17.7 Å². The quantitative estimate of drug-likeness (QED) is 0.206. The predicted molar refractivity (Wildman–Crippen MR) is 127 cm³/mol. The first-order chi connectivity index (χ1) is 14.6. The molecule has 0 spiro atoms. The van der Waals surface area contributed by atoms with Gasteiger partial charge in [-0.1, -0.05) is 65.2 Å². The molecule has 3 nitrogen and oxygen atoms in total. The average molecular weight is 442 g/mol. The summed E-state index contributed by atoms with van der Waals surface area (Å²) in [5, 5.41) is 20.6. The minimum absolute atomic E-state index is 0.0464. The summed E-state index contributed by atoms with van der Waals surface area (Å²) in [6.07, 6.45) is 13.8. The van der Waals surface area contributed by atoms with E-state index in [2.05, 4.69) is 31.4 Å². The van der Waals surface area contributed by atoms with Crippen LogP contribution < -0.4 is 0 Å². The molecule has 1 aliphatic carbocycles. The molecule has 0 saturated carbocycles. The van der Waals surface area contributed by atoms with Crippen LogP contribution in [0.4, 0.5) is 0 Å². The number of thiophene rings is 2. The van der Waals surface area contributed by atoms with E-state index >= 15 is 0 Å². The number of carbonyl (C=O) groups is 1. The second kappa shape index (κ2) is 10.4. The SMILES string of the molecule is CCCCCCC1(CCCCCC)c2ccsc2-c2sc(/C=C(\C#N)C(=O)O)cc21. The van der Waals surface area contributed by atoms with Crippen LogP contribution in [0.1, 0.15) is 94.1 Å². The monoisotopic (exact) mass is 441 g/mol. The summed E-state index contributed by atoms with van der Waals surface area (Å²) in [6.45, 7) is 4.50. The molecule has 2 aromatic heterocycles. The lowest BCUT2D eigenvalue weighted by Crippen LogP contribution is -2.24. The second-order valence-corrected chi connectivity index (χ2v) is 10.2. The third-order valence-corrected chi connectivity index (χ3v) is 8.37. The fourth-order valence-corrected chi connectivity index (χ4v) is 7.04. The molecule has 0 unspecified atom stereocenters. The number of unbranched alkanes of at least 4 members (excludes halogenated alkanes) is 6. The first-order valence-electron chi connectivity index (χ1n) is 11.1. The molecule has 0 atom stereocenters. The molecule has 1 N–H and O–H groups in total. The molecule has 5 heteroatoms. The van der Waals surface area contributed by atoms with Gasteiger partial charge in [-0.3, -0.25) is 0 Å². The minimum Gasteiger partial charge on any atom is -0.477 e. The molecule has 0 aromatic carbocycles. The Labute approximate surface area is 188 Å². The molecule has 0 radical (unpaired) electrons. The van der Waals surface area contributed by atoms with E-state index in [-0.39, 0.29) is 11.0 Å². The van der Waals surface area contributed by atoms with E-state index in [1.54, 1.807) is 22.7 Å². The van der Waals surface area contributed by atoms with Crippen molar-refractivity contribution in [3.8, 4) is 15.8 Å². The number of hydrogen-bond donors (Lipinski definition) is 1. The standard InChI is InChI=1S/C25H31NO2S2/c1-3-5-7-9-12-25(13-10-8-6-4-2)20-11-14-29-22(20)23-21(25)16-19(30-23)15-18(17-26)24(27)28/h11,14-16H,3-10,12-13H2,1-2H3,(H,27,28)/b18-15+. The van der Waals surface area contributed by atoms with Crippen molar-refractivity contribution in [1.82, 2.24) is 0 Å². The van der Waals surface area contributed by atoms with Crippen LogP contribution in [0.3, 0.4) is 0 Å². The fraction of sp³-hybridized carbons (Fsp3) is 0.520. The van der Waals surface area contributed by atoms with Gasteiger partial charge in [0.2, 0.25) is 0 Å². The Morgan fingerprint density at radius 1 is 1.07 bits per heavy atom. The van der Waals surface area contributed by atoms with Crippen LogP contribution in [0.2, 0.25) is 0 Å². The van der Waals surface area contributed by atoms with E-state index in [9.17, 15) is 15.2 Å². The van der Waals surface area contributed by atoms with Crippen molar-refractivity contribution in [2.24, 2.45) is 0 Å². The second-order valence-electron chi connectivity index (χ2n) is 8.23. The number of carboxylic acids is 1. The van der Waals surface area contributed by atoms with Crippen molar-refractivity contribution in [1.29, 1.82) is 5.26 Å². The van der Waals surface area contributed by atoms with Gasteiger partial charge in [-0.15, -0.1) is 22.7 Å². The molecule has 1 aliphatic rings. The lowest BCUT2D eigenvalue weighted by molar-refractivity contribution is -0.132. The topological polar surface area (TPSA) is 61.1 Å². The van der Waals surface area contributed by atoms with Gasteiger partial charge in [0.15, 0.2) is 0 Å². The molecule has 0 aliphatic heterocycles. The van der Waals surface area contributed by atoms with Crippen LogP contribution in [0, 0.1) is 11.3 Å². The Hall–Kier alpha value is -1.90. The van der Waals surface area contributed by atoms with Gasteiger partial charge >= 0.3 is 5.97 Å². The van der Waals surface area contributed by atoms with Crippen LogP contribution in [0.25, 0.3) is 15.8 Å². The van der Waals surface area contributed by atoms with Crippen molar-refractivity contribution in [2.45, 2.75) is 83.5 Å². The maximum atomic E-state index is 11.3. The Morgan fingerprint density at radius 3 is 2.30 bits per heavy atom. The van der Waals surface area contributed by atoms with Crippen LogP contribution in [0.5, 0.6) is 0 Å². The zero-order valence-electron chi connectivity index (χ0n) is 18.0. The van der Waals surface area contributed by atoms with Gasteiger partial charge < -0.3 is 5.11 Å². The zero-order chi connectivity index (χ0) is 21.6. The number of fused-ring (bicyclic) bond motifs is 3. The number of hydrogen-bond acceptors (Lipinski definition) is 4. The summed E-state index contributed by atoms with van der Waals surface area (Å²) in [4.78, 5) is 14.8. The molecular weight excluding hydrogens is 410 g/mol. The third kappa shape index (κ3) is 4.55. The highest BCUT2D eigenvalue weighted by molar-refractivity contribution is 7.22. The first-order valence-corrected chi connectivity index (χ1v) is 12.8. The first kappa shape index (κ1) is 22.8. The van der Waals surface area contributed by atoms with Crippen LogP contribution in [-0.2, 0) is 10.2 Å². The van der Waals surface area contributed by atoms with Crippen LogP contribution in [-0.4, -0.2) is 11.1 Å². The minimum atomic E-state index is -1.16. The van der Waals surface area contributed by atoms with Gasteiger partial charge in [-0.05, 0) is 47.6 Å². The van der Waals surface area contributed by atoms with Crippen molar-refractivity contribution in [2.75, 3.05) is 0 Å². The van der Waals surface area contributed by atoms with Crippen molar-refractivity contribution in [3.63, 3.8) is 0 Å². The third-order valence-electron chi connectivity index (χ3n) is 6.21. The molecule has 0 saturated heterocycles. The lowest BCUT2D eigenvalue weighted by atomic mass is 9.71. The molecule has 0 fully saturated rings. The zero-order valence-corrected chi connectivity index (χ0v) is 19.6. The molecular formula is C25H31NO2S2. The summed E-state index contributed by atoms with van der Waals surface area (Å²) in [5.74, 6) is -1.16.